The normalized spacial score (nSPS) is 16.8. The predicted octanol–water partition coefficient (Wildman–Crippen LogP) is 2.08. The summed E-state index contributed by atoms with van der Waals surface area (Å²) < 4.78 is 43.1. The highest BCUT2D eigenvalue weighted by Crippen LogP contribution is 2.33. The second-order valence-corrected chi connectivity index (χ2v) is 8.19. The van der Waals surface area contributed by atoms with Gasteiger partial charge in [0.2, 0.25) is 0 Å². The molecule has 2 N–H and O–H groups in total. The lowest BCUT2D eigenvalue weighted by Gasteiger charge is -2.42. The second kappa shape index (κ2) is 10.2. The van der Waals surface area contributed by atoms with Crippen molar-refractivity contribution in [3.63, 3.8) is 0 Å². The van der Waals surface area contributed by atoms with E-state index in [1.807, 2.05) is 11.1 Å². The summed E-state index contributed by atoms with van der Waals surface area (Å²) >= 11 is 0. The molecule has 0 bridgehead atoms. The van der Waals surface area contributed by atoms with E-state index in [1.165, 1.54) is 17.3 Å². The lowest BCUT2D eigenvalue weighted by Crippen LogP contribution is -2.55. The Morgan fingerprint density at radius 3 is 2.42 bits per heavy atom. The summed E-state index contributed by atoms with van der Waals surface area (Å²) in [5, 5.41) is 23.3. The van der Waals surface area contributed by atoms with E-state index >= 15 is 0 Å². The van der Waals surface area contributed by atoms with Gasteiger partial charge in [-0.05, 0) is 12.1 Å². The Balaban J connectivity index is 1.77. The summed E-state index contributed by atoms with van der Waals surface area (Å²) in [6.45, 7) is 1.14. The number of anilines is 1. The van der Waals surface area contributed by atoms with E-state index in [4.69, 9.17) is 0 Å². The molecule has 4 rings (SSSR count). The fraction of sp³-hybridized carbons (Fsp3) is 0.261. The highest BCUT2D eigenvalue weighted by Gasteiger charge is 2.36. The first kappa shape index (κ1) is 24.9. The van der Waals surface area contributed by atoms with E-state index in [1.54, 1.807) is 17.9 Å². The molecule has 3 heterocycles. The SMILES string of the molecule is Cn1cc(CN2CCN(c3nccnc3-c3cc(F)c(F)c(F)c3)C(C(=CC(=O)O)C(=O)O)C2)cn1. The highest BCUT2D eigenvalue weighted by atomic mass is 19.2. The Morgan fingerprint density at radius 2 is 1.81 bits per heavy atom. The zero-order valence-electron chi connectivity index (χ0n) is 19.0. The van der Waals surface area contributed by atoms with E-state index in [2.05, 4.69) is 15.1 Å². The first-order valence-corrected chi connectivity index (χ1v) is 10.7. The van der Waals surface area contributed by atoms with Crippen molar-refractivity contribution < 1.29 is 33.0 Å². The van der Waals surface area contributed by atoms with Crippen LogP contribution < -0.4 is 4.90 Å². The van der Waals surface area contributed by atoms with Crippen LogP contribution in [0.3, 0.4) is 0 Å². The topological polar surface area (TPSA) is 125 Å². The Hall–Kier alpha value is -4.26. The van der Waals surface area contributed by atoms with E-state index in [0.29, 0.717) is 19.2 Å². The van der Waals surface area contributed by atoms with Gasteiger partial charge in [0.15, 0.2) is 23.3 Å². The Morgan fingerprint density at radius 1 is 1.11 bits per heavy atom. The molecule has 1 saturated heterocycles. The number of hydrogen-bond acceptors (Lipinski definition) is 7. The van der Waals surface area contributed by atoms with Crippen LogP contribution >= 0.6 is 0 Å². The number of carboxylic acid groups (broad SMARTS) is 2. The van der Waals surface area contributed by atoms with E-state index in [-0.39, 0.29) is 30.2 Å². The minimum atomic E-state index is -1.64. The van der Waals surface area contributed by atoms with Crippen molar-refractivity contribution in [1.82, 2.24) is 24.6 Å². The van der Waals surface area contributed by atoms with E-state index in [9.17, 15) is 33.0 Å². The van der Waals surface area contributed by atoms with Crippen LogP contribution in [0.25, 0.3) is 11.3 Å². The Labute approximate surface area is 202 Å². The van der Waals surface area contributed by atoms with Crippen molar-refractivity contribution in [2.24, 2.45) is 7.05 Å². The Bertz CT molecular complexity index is 1320. The standard InChI is InChI=1S/C23H21F3N6O4/c1-30-10-13(9-29-30)11-31-4-5-32(18(12-31)15(23(35)36)8-19(33)34)22-21(27-2-3-28-22)14-6-16(24)20(26)17(25)7-14/h2-3,6-10,18H,4-5,11-12H2,1H3,(H,33,34)(H,35,36). The second-order valence-electron chi connectivity index (χ2n) is 8.19. The molecule has 1 unspecified atom stereocenters. The fourth-order valence-corrected chi connectivity index (χ4v) is 4.18. The van der Waals surface area contributed by atoms with Crippen molar-refractivity contribution in [2.75, 3.05) is 24.5 Å². The molecule has 1 aliphatic rings. The van der Waals surface area contributed by atoms with Gasteiger partial charge in [0.1, 0.15) is 5.69 Å². The van der Waals surface area contributed by atoms with Crippen LogP contribution in [0.2, 0.25) is 0 Å². The molecule has 10 nitrogen and oxygen atoms in total. The smallest absolute Gasteiger partial charge is 0.333 e. The van der Waals surface area contributed by atoms with Crippen LogP contribution in [0.15, 0.2) is 48.6 Å². The molecule has 1 aliphatic heterocycles. The predicted molar refractivity (Wildman–Crippen MR) is 120 cm³/mol. The molecule has 3 aromatic rings. The number of hydrogen-bond donors (Lipinski definition) is 2. The summed E-state index contributed by atoms with van der Waals surface area (Å²) in [5.74, 6) is -7.29. The minimum Gasteiger partial charge on any atom is -0.478 e. The lowest BCUT2D eigenvalue weighted by atomic mass is 10.00. The first-order valence-electron chi connectivity index (χ1n) is 10.7. The third-order valence-corrected chi connectivity index (χ3v) is 5.72. The molecular formula is C23H21F3N6O4. The molecule has 1 atom stereocenters. The van der Waals surface area contributed by atoms with Crippen LogP contribution in [-0.2, 0) is 23.2 Å². The van der Waals surface area contributed by atoms with Gasteiger partial charge in [-0.3, -0.25) is 14.6 Å². The number of carbonyl (C=O) groups is 2. The summed E-state index contributed by atoms with van der Waals surface area (Å²) in [7, 11) is 1.76. The van der Waals surface area contributed by atoms with Crippen molar-refractivity contribution in [1.29, 1.82) is 0 Å². The molecule has 1 fully saturated rings. The number of carboxylic acids is 2. The maximum atomic E-state index is 14.0. The third-order valence-electron chi connectivity index (χ3n) is 5.72. The van der Waals surface area contributed by atoms with Gasteiger partial charge in [0.25, 0.3) is 0 Å². The maximum absolute atomic E-state index is 14.0. The summed E-state index contributed by atoms with van der Waals surface area (Å²) in [5.41, 5.74) is 0.346. The number of aliphatic carboxylic acids is 2. The molecule has 36 heavy (non-hydrogen) atoms. The molecule has 188 valence electrons. The molecule has 13 heteroatoms. The number of nitrogens with zero attached hydrogens (tertiary/aromatic N) is 6. The average Bonchev–Trinajstić information content (AvgIpc) is 3.24. The fourth-order valence-electron chi connectivity index (χ4n) is 4.18. The number of halogens is 3. The summed E-state index contributed by atoms with van der Waals surface area (Å²) in [6, 6.07) is 0.532. The van der Waals surface area contributed by atoms with Gasteiger partial charge in [-0.25, -0.2) is 27.7 Å². The maximum Gasteiger partial charge on any atom is 0.333 e. The number of benzene rings is 1. The van der Waals surface area contributed by atoms with Crippen LogP contribution in [0.1, 0.15) is 5.56 Å². The molecule has 2 aromatic heterocycles. The highest BCUT2D eigenvalue weighted by molar-refractivity contribution is 5.96. The van der Waals surface area contributed by atoms with Gasteiger partial charge in [-0.1, -0.05) is 0 Å². The molecule has 0 spiro atoms. The molecule has 0 amide bonds. The summed E-state index contributed by atoms with van der Waals surface area (Å²) in [4.78, 5) is 35.4. The van der Waals surface area contributed by atoms with Gasteiger partial charge in [0, 0.05) is 69.0 Å². The number of aromatic nitrogens is 4. The van der Waals surface area contributed by atoms with E-state index < -0.39 is 41.0 Å². The number of rotatable bonds is 7. The van der Waals surface area contributed by atoms with Gasteiger partial charge >= 0.3 is 11.9 Å². The molecule has 0 aliphatic carbocycles. The van der Waals surface area contributed by atoms with Gasteiger partial charge in [-0.2, -0.15) is 5.10 Å². The molecule has 1 aromatic carbocycles. The van der Waals surface area contributed by atoms with Crippen LogP contribution in [0.4, 0.5) is 19.0 Å². The number of aryl methyl sites for hydroxylation is 1. The molecule has 0 radical (unpaired) electrons. The zero-order valence-corrected chi connectivity index (χ0v) is 19.0. The third kappa shape index (κ3) is 5.20. The summed E-state index contributed by atoms with van der Waals surface area (Å²) in [6.07, 6.45) is 6.68. The van der Waals surface area contributed by atoms with Crippen molar-refractivity contribution in [2.45, 2.75) is 12.6 Å². The number of piperazine rings is 1. The van der Waals surface area contributed by atoms with Crippen molar-refractivity contribution >= 4 is 17.8 Å². The molecular weight excluding hydrogens is 481 g/mol. The lowest BCUT2D eigenvalue weighted by molar-refractivity contribution is -0.135. The van der Waals surface area contributed by atoms with Crippen LogP contribution in [0.5, 0.6) is 0 Å². The largest absolute Gasteiger partial charge is 0.478 e. The van der Waals surface area contributed by atoms with Crippen LogP contribution in [-0.4, -0.2) is 72.5 Å². The molecule has 0 saturated carbocycles. The van der Waals surface area contributed by atoms with Crippen molar-refractivity contribution in [3.8, 4) is 11.3 Å². The quantitative estimate of drug-likeness (QED) is 0.369. The first-order chi connectivity index (χ1) is 17.1. The average molecular weight is 502 g/mol. The van der Waals surface area contributed by atoms with Gasteiger partial charge in [0.05, 0.1) is 17.8 Å². The minimum absolute atomic E-state index is 0.0129. The van der Waals surface area contributed by atoms with Gasteiger partial charge in [-0.15, -0.1) is 0 Å². The monoisotopic (exact) mass is 502 g/mol. The van der Waals surface area contributed by atoms with E-state index in [0.717, 1.165) is 17.7 Å². The van der Waals surface area contributed by atoms with Crippen molar-refractivity contribution in [3.05, 3.63) is 71.6 Å². The zero-order chi connectivity index (χ0) is 26.0. The van der Waals surface area contributed by atoms with Gasteiger partial charge < -0.3 is 15.1 Å². The van der Waals surface area contributed by atoms with Crippen LogP contribution in [0, 0.1) is 17.5 Å². The Kier molecular flexibility index (Phi) is 7.01.